The van der Waals surface area contributed by atoms with Crippen molar-refractivity contribution in [3.8, 4) is 0 Å². The van der Waals surface area contributed by atoms with Crippen molar-refractivity contribution in [2.24, 2.45) is 16.8 Å². The highest BCUT2D eigenvalue weighted by molar-refractivity contribution is 6.42. The van der Waals surface area contributed by atoms with Gasteiger partial charge in [0.25, 0.3) is 0 Å². The predicted octanol–water partition coefficient (Wildman–Crippen LogP) is 6.96. The van der Waals surface area contributed by atoms with Crippen LogP contribution in [0, 0.1) is 11.8 Å². The van der Waals surface area contributed by atoms with E-state index in [1.165, 1.54) is 32.1 Å². The number of hydrogen-bond donors (Lipinski definition) is 3. The monoisotopic (exact) mass is 451 g/mol. The maximum atomic E-state index is 9.24. The summed E-state index contributed by atoms with van der Waals surface area (Å²) in [5.74, 6) is 1.36. The van der Waals surface area contributed by atoms with E-state index in [1.807, 2.05) is 18.2 Å². The summed E-state index contributed by atoms with van der Waals surface area (Å²) in [5.41, 5.74) is 3.09. The van der Waals surface area contributed by atoms with Crippen molar-refractivity contribution in [2.45, 2.75) is 58.8 Å². The molecule has 1 aromatic rings. The van der Waals surface area contributed by atoms with E-state index in [0.29, 0.717) is 28.9 Å². The van der Waals surface area contributed by atoms with Gasteiger partial charge in [-0.1, -0.05) is 69.0 Å². The zero-order valence-corrected chi connectivity index (χ0v) is 19.7. The van der Waals surface area contributed by atoms with Crippen LogP contribution < -0.4 is 10.6 Å². The summed E-state index contributed by atoms with van der Waals surface area (Å²) in [6.07, 6.45) is 9.65. The summed E-state index contributed by atoms with van der Waals surface area (Å²) in [4.78, 5) is 4.35. The third kappa shape index (κ3) is 8.61. The van der Waals surface area contributed by atoms with Crippen LogP contribution in [0.5, 0.6) is 0 Å². The van der Waals surface area contributed by atoms with E-state index in [-0.39, 0.29) is 5.76 Å². The van der Waals surface area contributed by atoms with Gasteiger partial charge in [-0.25, -0.2) is 0 Å². The fourth-order valence-corrected chi connectivity index (χ4v) is 3.99. The van der Waals surface area contributed by atoms with Crippen LogP contribution in [0.15, 0.2) is 41.2 Å². The summed E-state index contributed by atoms with van der Waals surface area (Å²) < 4.78 is 0. The molecule has 166 valence electrons. The van der Waals surface area contributed by atoms with Gasteiger partial charge in [0.1, 0.15) is 0 Å². The smallest absolute Gasteiger partial charge is 0.0869 e. The Bertz CT molecular complexity index is 753. The van der Waals surface area contributed by atoms with E-state index in [2.05, 4.69) is 36.1 Å². The summed E-state index contributed by atoms with van der Waals surface area (Å²) in [7, 11) is 0. The third-order valence-corrected chi connectivity index (χ3v) is 6.02. The van der Waals surface area contributed by atoms with E-state index < -0.39 is 0 Å². The molecule has 0 aromatic heterocycles. The van der Waals surface area contributed by atoms with E-state index in [9.17, 15) is 5.11 Å². The summed E-state index contributed by atoms with van der Waals surface area (Å²) in [6.45, 7) is 9.39. The molecule has 2 rings (SSSR count). The number of hydrogen-bond acceptors (Lipinski definition) is 3. The average molecular weight is 452 g/mol. The lowest BCUT2D eigenvalue weighted by molar-refractivity contribution is 0.348. The molecular weight excluding hydrogens is 417 g/mol. The molecule has 1 aliphatic carbocycles. The van der Waals surface area contributed by atoms with E-state index in [1.54, 1.807) is 6.34 Å². The summed E-state index contributed by atoms with van der Waals surface area (Å²) in [6, 6.07) is 5.68. The molecule has 1 fully saturated rings. The molecular formula is C24H35Cl2N3O. The van der Waals surface area contributed by atoms with Crippen LogP contribution in [0.25, 0.3) is 5.70 Å². The fraction of sp³-hybridized carbons (Fsp3) is 0.542. The highest BCUT2D eigenvalue weighted by Gasteiger charge is 2.17. The van der Waals surface area contributed by atoms with Crippen molar-refractivity contribution in [1.82, 2.24) is 10.6 Å². The number of aliphatic hydroxyl groups excluding tert-OH is 1. The van der Waals surface area contributed by atoms with Crippen LogP contribution in [0.1, 0.15) is 64.4 Å². The lowest BCUT2D eigenvalue weighted by Crippen LogP contribution is -2.28. The quantitative estimate of drug-likeness (QED) is 0.193. The molecule has 3 N–H and O–H groups in total. The first kappa shape index (κ1) is 24.6. The Morgan fingerprint density at radius 3 is 2.60 bits per heavy atom. The van der Waals surface area contributed by atoms with Gasteiger partial charge in [-0.05, 0) is 43.2 Å². The Kier molecular flexibility index (Phi) is 10.6. The number of nitrogens with zero attached hydrogens (tertiary/aromatic N) is 1. The molecule has 30 heavy (non-hydrogen) atoms. The Balaban J connectivity index is 2.28. The number of aliphatic imine (C=N–C) groups is 1. The van der Waals surface area contributed by atoms with Crippen LogP contribution in [-0.2, 0) is 0 Å². The Morgan fingerprint density at radius 2 is 1.97 bits per heavy atom. The van der Waals surface area contributed by atoms with Crippen molar-refractivity contribution < 1.29 is 5.11 Å². The van der Waals surface area contributed by atoms with Crippen molar-refractivity contribution >= 4 is 35.2 Å². The Labute approximate surface area is 191 Å². The zero-order chi connectivity index (χ0) is 21.9. The predicted molar refractivity (Wildman–Crippen MR) is 130 cm³/mol. The van der Waals surface area contributed by atoms with Gasteiger partial charge in [-0.3, -0.25) is 4.99 Å². The molecule has 6 heteroatoms. The zero-order valence-electron chi connectivity index (χ0n) is 18.2. The molecule has 1 aliphatic rings. The molecule has 1 aromatic carbocycles. The normalized spacial score (nSPS) is 16.0. The second-order valence-electron chi connectivity index (χ2n) is 8.46. The van der Waals surface area contributed by atoms with Crippen molar-refractivity contribution in [3.05, 3.63) is 51.8 Å². The fourth-order valence-electron chi connectivity index (χ4n) is 3.69. The standard InChI is InChI=1S/C24H35Cl2N3O/c1-17(2)13-23(28-15-19-7-5-4-6-8-19)24(29-16-27-12-11-18(3)30)20-9-10-21(25)22(26)14-20/h9-10,14,16-17,19,28,30H,3-8,11-13,15H2,1-2H3,(H,27,29)/b24-23-. The maximum absolute atomic E-state index is 9.24. The van der Waals surface area contributed by atoms with Crippen LogP contribution in [-0.4, -0.2) is 24.5 Å². The van der Waals surface area contributed by atoms with Crippen LogP contribution in [0.4, 0.5) is 0 Å². The lowest BCUT2D eigenvalue weighted by Gasteiger charge is -2.25. The molecule has 0 saturated heterocycles. The minimum absolute atomic E-state index is 0.141. The van der Waals surface area contributed by atoms with Gasteiger partial charge in [0.05, 0.1) is 27.8 Å². The van der Waals surface area contributed by atoms with Gasteiger partial charge < -0.3 is 15.7 Å². The van der Waals surface area contributed by atoms with Gasteiger partial charge in [0.15, 0.2) is 0 Å². The molecule has 0 heterocycles. The highest BCUT2D eigenvalue weighted by Crippen LogP contribution is 2.28. The van der Waals surface area contributed by atoms with Gasteiger partial charge in [0, 0.05) is 30.8 Å². The molecule has 0 bridgehead atoms. The van der Waals surface area contributed by atoms with E-state index in [0.717, 1.165) is 35.8 Å². The molecule has 0 radical (unpaired) electrons. The molecule has 0 amide bonds. The molecule has 0 atom stereocenters. The topological polar surface area (TPSA) is 56.7 Å². The lowest BCUT2D eigenvalue weighted by atomic mass is 9.89. The van der Waals surface area contributed by atoms with E-state index in [4.69, 9.17) is 23.2 Å². The third-order valence-electron chi connectivity index (χ3n) is 5.28. The number of allylic oxidation sites excluding steroid dienone is 1. The highest BCUT2D eigenvalue weighted by atomic mass is 35.5. The number of halogens is 2. The summed E-state index contributed by atoms with van der Waals surface area (Å²) in [5, 5.41) is 17.4. The van der Waals surface area contributed by atoms with Crippen molar-refractivity contribution in [3.63, 3.8) is 0 Å². The molecule has 0 aliphatic heterocycles. The minimum Gasteiger partial charge on any atom is -0.513 e. The molecule has 1 saturated carbocycles. The van der Waals surface area contributed by atoms with Crippen LogP contribution >= 0.6 is 23.2 Å². The van der Waals surface area contributed by atoms with Crippen LogP contribution in [0.2, 0.25) is 10.0 Å². The molecule has 0 unspecified atom stereocenters. The number of aliphatic hydroxyl groups is 1. The van der Waals surface area contributed by atoms with Crippen molar-refractivity contribution in [2.75, 3.05) is 13.1 Å². The van der Waals surface area contributed by atoms with Gasteiger partial charge in [-0.2, -0.15) is 0 Å². The molecule has 4 nitrogen and oxygen atoms in total. The maximum Gasteiger partial charge on any atom is 0.0869 e. The SMILES string of the molecule is C=C(O)CCN=CN/C(=C(/CC(C)C)NCC1CCCCC1)c1ccc(Cl)c(Cl)c1. The van der Waals surface area contributed by atoms with Crippen LogP contribution in [0.3, 0.4) is 0 Å². The van der Waals surface area contributed by atoms with Gasteiger partial charge in [0.2, 0.25) is 0 Å². The Morgan fingerprint density at radius 1 is 1.23 bits per heavy atom. The number of nitrogens with one attached hydrogen (secondary N) is 2. The summed E-state index contributed by atoms with van der Waals surface area (Å²) >= 11 is 12.5. The second-order valence-corrected chi connectivity index (χ2v) is 9.28. The first-order valence-corrected chi connectivity index (χ1v) is 11.7. The van der Waals surface area contributed by atoms with Gasteiger partial charge >= 0.3 is 0 Å². The first-order valence-electron chi connectivity index (χ1n) is 10.9. The largest absolute Gasteiger partial charge is 0.513 e. The molecule has 0 spiro atoms. The minimum atomic E-state index is 0.141. The Hall–Kier alpha value is -1.65. The van der Waals surface area contributed by atoms with E-state index >= 15 is 0 Å². The van der Waals surface area contributed by atoms with Crippen molar-refractivity contribution in [1.29, 1.82) is 0 Å². The second kappa shape index (κ2) is 12.9. The average Bonchev–Trinajstić information content (AvgIpc) is 2.71. The first-order chi connectivity index (χ1) is 14.4. The van der Waals surface area contributed by atoms with Gasteiger partial charge in [-0.15, -0.1) is 0 Å². The number of benzene rings is 1. The number of rotatable bonds is 11.